The van der Waals surface area contributed by atoms with E-state index in [0.29, 0.717) is 0 Å². The first kappa shape index (κ1) is 17.5. The summed E-state index contributed by atoms with van der Waals surface area (Å²) in [4.78, 5) is 14.1. The Hall–Kier alpha value is -2.82. The number of benzene rings is 2. The molecule has 0 aliphatic rings. The Morgan fingerprint density at radius 3 is 2.29 bits per heavy atom. The van der Waals surface area contributed by atoms with Crippen LogP contribution in [0.5, 0.6) is 5.75 Å². The molecule has 0 fully saturated rings. The van der Waals surface area contributed by atoms with Gasteiger partial charge in [-0.25, -0.2) is 5.43 Å². The summed E-state index contributed by atoms with van der Waals surface area (Å²) in [7, 11) is 0. The van der Waals surface area contributed by atoms with Crippen molar-refractivity contribution >= 4 is 17.8 Å². The van der Waals surface area contributed by atoms with E-state index in [4.69, 9.17) is 0 Å². The highest BCUT2D eigenvalue weighted by Gasteiger charge is 2.02. The molecule has 126 valence electrons. The SMILES string of the molecule is CCN(CC)c1ccc(/C=N\NC(=O)Cc2ccc(O)cc2)cc1. The number of nitrogens with zero attached hydrogens (tertiary/aromatic N) is 2. The first-order valence-corrected chi connectivity index (χ1v) is 8.07. The predicted molar refractivity (Wildman–Crippen MR) is 97.6 cm³/mol. The fourth-order valence-corrected chi connectivity index (χ4v) is 2.38. The van der Waals surface area contributed by atoms with E-state index in [1.807, 2.05) is 24.3 Å². The zero-order valence-electron chi connectivity index (χ0n) is 14.1. The standard InChI is InChI=1S/C19H23N3O2/c1-3-22(4-2)17-9-5-16(6-10-17)14-20-21-19(24)13-15-7-11-18(23)12-8-15/h5-12,14,23H,3-4,13H2,1-2H3,(H,21,24)/b20-14-. The van der Waals surface area contributed by atoms with Crippen LogP contribution in [0, 0.1) is 0 Å². The maximum absolute atomic E-state index is 11.8. The van der Waals surface area contributed by atoms with Gasteiger partial charge in [0.05, 0.1) is 12.6 Å². The Labute approximate surface area is 142 Å². The third-order valence-corrected chi connectivity index (χ3v) is 3.73. The lowest BCUT2D eigenvalue weighted by Crippen LogP contribution is -2.21. The molecule has 5 nitrogen and oxygen atoms in total. The number of anilines is 1. The van der Waals surface area contributed by atoms with E-state index in [9.17, 15) is 9.90 Å². The number of aromatic hydroxyl groups is 1. The number of carbonyl (C=O) groups is 1. The largest absolute Gasteiger partial charge is 0.508 e. The molecule has 1 amide bonds. The van der Waals surface area contributed by atoms with Crippen molar-refractivity contribution < 1.29 is 9.90 Å². The molecule has 0 aliphatic heterocycles. The van der Waals surface area contributed by atoms with Crippen molar-refractivity contribution in [1.29, 1.82) is 0 Å². The molecule has 0 atom stereocenters. The molecule has 5 heteroatoms. The van der Waals surface area contributed by atoms with Crippen molar-refractivity contribution in [2.45, 2.75) is 20.3 Å². The molecule has 0 aromatic heterocycles. The van der Waals surface area contributed by atoms with E-state index < -0.39 is 0 Å². The molecular formula is C19H23N3O2. The second kappa shape index (κ2) is 8.72. The molecule has 0 heterocycles. The van der Waals surface area contributed by atoms with Gasteiger partial charge in [-0.3, -0.25) is 4.79 Å². The predicted octanol–water partition coefficient (Wildman–Crippen LogP) is 2.93. The van der Waals surface area contributed by atoms with Crippen molar-refractivity contribution in [2.24, 2.45) is 5.10 Å². The molecule has 0 saturated carbocycles. The fourth-order valence-electron chi connectivity index (χ4n) is 2.38. The van der Waals surface area contributed by atoms with Gasteiger partial charge in [0.2, 0.25) is 5.91 Å². The summed E-state index contributed by atoms with van der Waals surface area (Å²) in [5, 5.41) is 13.2. The summed E-state index contributed by atoms with van der Waals surface area (Å²) >= 11 is 0. The van der Waals surface area contributed by atoms with Gasteiger partial charge in [-0.05, 0) is 49.2 Å². The smallest absolute Gasteiger partial charge is 0.244 e. The van der Waals surface area contributed by atoms with Gasteiger partial charge in [-0.2, -0.15) is 5.10 Å². The highest BCUT2D eigenvalue weighted by molar-refractivity contribution is 5.83. The molecule has 2 N–H and O–H groups in total. The van der Waals surface area contributed by atoms with Crippen molar-refractivity contribution in [1.82, 2.24) is 5.43 Å². The molecule has 2 aromatic rings. The second-order valence-electron chi connectivity index (χ2n) is 5.40. The lowest BCUT2D eigenvalue weighted by atomic mass is 10.1. The van der Waals surface area contributed by atoms with Crippen LogP contribution in [-0.2, 0) is 11.2 Å². The Kier molecular flexibility index (Phi) is 6.37. The Morgan fingerprint density at radius 2 is 1.71 bits per heavy atom. The van der Waals surface area contributed by atoms with E-state index in [1.165, 1.54) is 5.69 Å². The van der Waals surface area contributed by atoms with Gasteiger partial charge in [0.15, 0.2) is 0 Å². The van der Waals surface area contributed by atoms with Crippen LogP contribution < -0.4 is 10.3 Å². The number of phenols is 1. The van der Waals surface area contributed by atoms with Crippen LogP contribution in [0.4, 0.5) is 5.69 Å². The zero-order valence-corrected chi connectivity index (χ0v) is 14.1. The van der Waals surface area contributed by atoms with Gasteiger partial charge in [-0.15, -0.1) is 0 Å². The molecule has 0 aliphatic carbocycles. The van der Waals surface area contributed by atoms with Crippen LogP contribution >= 0.6 is 0 Å². The molecular weight excluding hydrogens is 302 g/mol. The van der Waals surface area contributed by atoms with E-state index in [-0.39, 0.29) is 18.1 Å². The lowest BCUT2D eigenvalue weighted by Gasteiger charge is -2.20. The summed E-state index contributed by atoms with van der Waals surface area (Å²) in [5.74, 6) is -0.0120. The third kappa shape index (κ3) is 5.12. The van der Waals surface area contributed by atoms with E-state index in [2.05, 4.69) is 29.3 Å². The van der Waals surface area contributed by atoms with Crippen molar-refractivity contribution in [3.63, 3.8) is 0 Å². The minimum atomic E-state index is -0.197. The number of hydrogen-bond acceptors (Lipinski definition) is 4. The average molecular weight is 325 g/mol. The van der Waals surface area contributed by atoms with Crippen LogP contribution in [0.25, 0.3) is 0 Å². The highest BCUT2D eigenvalue weighted by Crippen LogP contribution is 2.14. The molecule has 0 bridgehead atoms. The van der Waals surface area contributed by atoms with E-state index in [0.717, 1.165) is 24.2 Å². The number of phenolic OH excluding ortho intramolecular Hbond substituents is 1. The van der Waals surface area contributed by atoms with Crippen molar-refractivity contribution in [3.05, 3.63) is 59.7 Å². The molecule has 2 rings (SSSR count). The molecule has 0 spiro atoms. The Morgan fingerprint density at radius 1 is 1.08 bits per heavy atom. The monoisotopic (exact) mass is 325 g/mol. The molecule has 2 aromatic carbocycles. The fraction of sp³-hybridized carbons (Fsp3) is 0.263. The van der Waals surface area contributed by atoms with E-state index >= 15 is 0 Å². The summed E-state index contributed by atoms with van der Waals surface area (Å²) < 4.78 is 0. The summed E-state index contributed by atoms with van der Waals surface area (Å²) in [6, 6.07) is 14.6. The number of nitrogens with one attached hydrogen (secondary N) is 1. The topological polar surface area (TPSA) is 64.9 Å². The number of rotatable bonds is 7. The van der Waals surface area contributed by atoms with Crippen LogP contribution in [-0.4, -0.2) is 30.3 Å². The normalized spacial score (nSPS) is 10.8. The lowest BCUT2D eigenvalue weighted by molar-refractivity contribution is -0.120. The Balaban J connectivity index is 1.86. The first-order chi connectivity index (χ1) is 11.6. The van der Waals surface area contributed by atoms with Crippen LogP contribution in [0.1, 0.15) is 25.0 Å². The quantitative estimate of drug-likeness (QED) is 0.608. The van der Waals surface area contributed by atoms with Crippen LogP contribution in [0.15, 0.2) is 53.6 Å². The highest BCUT2D eigenvalue weighted by atomic mass is 16.3. The van der Waals surface area contributed by atoms with E-state index in [1.54, 1.807) is 30.5 Å². The zero-order chi connectivity index (χ0) is 17.4. The number of hydrogen-bond donors (Lipinski definition) is 2. The van der Waals surface area contributed by atoms with Gasteiger partial charge >= 0.3 is 0 Å². The van der Waals surface area contributed by atoms with Gasteiger partial charge in [0, 0.05) is 18.8 Å². The minimum absolute atomic E-state index is 0.185. The summed E-state index contributed by atoms with van der Waals surface area (Å²) in [6.07, 6.45) is 1.85. The number of amides is 1. The van der Waals surface area contributed by atoms with Crippen molar-refractivity contribution in [2.75, 3.05) is 18.0 Å². The summed E-state index contributed by atoms with van der Waals surface area (Å²) in [6.45, 7) is 6.19. The maximum atomic E-state index is 11.8. The molecule has 24 heavy (non-hydrogen) atoms. The maximum Gasteiger partial charge on any atom is 0.244 e. The van der Waals surface area contributed by atoms with Gasteiger partial charge in [0.25, 0.3) is 0 Å². The third-order valence-electron chi connectivity index (χ3n) is 3.73. The van der Waals surface area contributed by atoms with Crippen LogP contribution in [0.2, 0.25) is 0 Å². The second-order valence-corrected chi connectivity index (χ2v) is 5.40. The van der Waals surface area contributed by atoms with Crippen LogP contribution in [0.3, 0.4) is 0 Å². The van der Waals surface area contributed by atoms with Gasteiger partial charge in [-0.1, -0.05) is 24.3 Å². The molecule has 0 unspecified atom stereocenters. The van der Waals surface area contributed by atoms with Gasteiger partial charge < -0.3 is 10.0 Å². The van der Waals surface area contributed by atoms with Gasteiger partial charge in [0.1, 0.15) is 5.75 Å². The average Bonchev–Trinajstić information content (AvgIpc) is 2.59. The summed E-state index contributed by atoms with van der Waals surface area (Å²) in [5.41, 5.74) is 5.44. The minimum Gasteiger partial charge on any atom is -0.508 e. The molecule has 0 radical (unpaired) electrons. The van der Waals surface area contributed by atoms with Crippen molar-refractivity contribution in [3.8, 4) is 5.75 Å². The Bertz CT molecular complexity index is 675. The number of hydrazone groups is 1. The molecule has 0 saturated heterocycles. The number of carbonyl (C=O) groups excluding carboxylic acids is 1. The first-order valence-electron chi connectivity index (χ1n) is 8.07.